The van der Waals surface area contributed by atoms with Crippen LogP contribution in [0.3, 0.4) is 0 Å². The number of nitrogens with one attached hydrogen (secondary N) is 1. The number of hydrogen-bond donors (Lipinski definition) is 2. The number of aliphatic carboxylic acids is 1. The molecule has 2 N–H and O–H groups in total. The van der Waals surface area contributed by atoms with E-state index < -0.39 is 12.0 Å². The second-order valence-corrected chi connectivity index (χ2v) is 4.93. The van der Waals surface area contributed by atoms with Crippen molar-refractivity contribution in [3.63, 3.8) is 0 Å². The van der Waals surface area contributed by atoms with Crippen LogP contribution in [-0.4, -0.2) is 23.0 Å². The molecule has 100 valence electrons. The molecule has 0 fully saturated rings. The Morgan fingerprint density at radius 1 is 1.12 bits per heavy atom. The summed E-state index contributed by atoms with van der Waals surface area (Å²) in [5, 5.41) is 11.6. The number of amides is 1. The van der Waals surface area contributed by atoms with Crippen LogP contribution >= 0.6 is 0 Å². The minimum Gasteiger partial charge on any atom is -0.480 e. The molecule has 1 amide bonds. The van der Waals surface area contributed by atoms with Gasteiger partial charge in [-0.15, -0.1) is 0 Å². The highest BCUT2D eigenvalue weighted by Crippen LogP contribution is 2.19. The van der Waals surface area contributed by atoms with E-state index >= 15 is 0 Å². The summed E-state index contributed by atoms with van der Waals surface area (Å²) >= 11 is 0. The monoisotopic (exact) mass is 243 g/mol. The van der Waals surface area contributed by atoms with E-state index in [1.54, 1.807) is 13.8 Å². The van der Waals surface area contributed by atoms with Crippen molar-refractivity contribution >= 4 is 11.9 Å². The van der Waals surface area contributed by atoms with E-state index in [1.807, 2.05) is 6.92 Å². The lowest BCUT2D eigenvalue weighted by Gasteiger charge is -2.24. The van der Waals surface area contributed by atoms with Gasteiger partial charge in [-0.2, -0.15) is 0 Å². The first-order valence-corrected chi connectivity index (χ1v) is 6.38. The summed E-state index contributed by atoms with van der Waals surface area (Å²) in [7, 11) is 0. The summed E-state index contributed by atoms with van der Waals surface area (Å²) in [5.41, 5.74) is 0. The van der Waals surface area contributed by atoms with Gasteiger partial charge < -0.3 is 10.4 Å². The molecule has 0 saturated carbocycles. The van der Waals surface area contributed by atoms with Crippen LogP contribution in [0.1, 0.15) is 47.5 Å². The lowest BCUT2D eigenvalue weighted by molar-refractivity contribution is -0.144. The van der Waals surface area contributed by atoms with Gasteiger partial charge in [0.05, 0.1) is 0 Å². The van der Waals surface area contributed by atoms with Gasteiger partial charge in [0.15, 0.2) is 0 Å². The third-order valence-corrected chi connectivity index (χ3v) is 3.40. The predicted octanol–water partition coefficient (Wildman–Crippen LogP) is 2.28. The Morgan fingerprint density at radius 3 is 1.88 bits per heavy atom. The normalized spacial score (nSPS) is 14.8. The fourth-order valence-corrected chi connectivity index (χ4v) is 2.01. The van der Waals surface area contributed by atoms with Crippen molar-refractivity contribution in [1.82, 2.24) is 5.32 Å². The van der Waals surface area contributed by atoms with Crippen molar-refractivity contribution in [1.29, 1.82) is 0 Å². The molecule has 0 bridgehead atoms. The van der Waals surface area contributed by atoms with Crippen LogP contribution in [0.15, 0.2) is 0 Å². The Hall–Kier alpha value is -1.06. The molecule has 0 aliphatic rings. The standard InChI is InChI=1S/C13H25NO3/c1-6-10(7-2)9(5)12(15)14-11(8(3)4)13(16)17/h8-11H,6-7H2,1-5H3,(H,14,15)(H,16,17). The highest BCUT2D eigenvalue weighted by atomic mass is 16.4. The Bertz CT molecular complexity index is 259. The molecule has 0 heterocycles. The number of carboxylic acid groups (broad SMARTS) is 1. The third kappa shape index (κ3) is 4.75. The number of hydrogen-bond acceptors (Lipinski definition) is 2. The minimum absolute atomic E-state index is 0.106. The molecule has 0 aliphatic heterocycles. The first-order chi connectivity index (χ1) is 7.84. The summed E-state index contributed by atoms with van der Waals surface area (Å²) in [5.74, 6) is -1.04. The SMILES string of the molecule is CCC(CC)C(C)C(=O)NC(C(=O)O)C(C)C. The zero-order valence-corrected chi connectivity index (χ0v) is 11.5. The van der Waals surface area contributed by atoms with Gasteiger partial charge in [0, 0.05) is 5.92 Å². The molecule has 0 saturated heterocycles. The summed E-state index contributed by atoms with van der Waals surface area (Å²) < 4.78 is 0. The zero-order valence-electron chi connectivity index (χ0n) is 11.5. The van der Waals surface area contributed by atoms with Gasteiger partial charge in [-0.1, -0.05) is 47.5 Å². The molecule has 4 nitrogen and oxygen atoms in total. The van der Waals surface area contributed by atoms with E-state index in [9.17, 15) is 9.59 Å². The predicted molar refractivity (Wildman–Crippen MR) is 67.6 cm³/mol. The lowest BCUT2D eigenvalue weighted by Crippen LogP contribution is -2.47. The maximum atomic E-state index is 11.9. The van der Waals surface area contributed by atoms with E-state index in [2.05, 4.69) is 19.2 Å². The Labute approximate surface area is 104 Å². The molecular weight excluding hydrogens is 218 g/mol. The summed E-state index contributed by atoms with van der Waals surface area (Å²) in [6, 6.07) is -0.792. The highest BCUT2D eigenvalue weighted by Gasteiger charge is 2.28. The van der Waals surface area contributed by atoms with Gasteiger partial charge in [-0.25, -0.2) is 4.79 Å². The quantitative estimate of drug-likeness (QED) is 0.721. The molecule has 17 heavy (non-hydrogen) atoms. The Morgan fingerprint density at radius 2 is 1.59 bits per heavy atom. The molecule has 2 unspecified atom stereocenters. The first-order valence-electron chi connectivity index (χ1n) is 6.38. The van der Waals surface area contributed by atoms with Crippen molar-refractivity contribution in [3.05, 3.63) is 0 Å². The summed E-state index contributed by atoms with van der Waals surface area (Å²) in [4.78, 5) is 22.9. The molecule has 0 radical (unpaired) electrons. The van der Waals surface area contributed by atoms with E-state index in [0.29, 0.717) is 5.92 Å². The number of carboxylic acids is 1. The summed E-state index contributed by atoms with van der Waals surface area (Å²) in [6.07, 6.45) is 1.87. The van der Waals surface area contributed by atoms with Gasteiger partial charge >= 0.3 is 5.97 Å². The van der Waals surface area contributed by atoms with Gasteiger partial charge in [-0.3, -0.25) is 4.79 Å². The molecule has 2 atom stereocenters. The van der Waals surface area contributed by atoms with Crippen LogP contribution in [0.25, 0.3) is 0 Å². The van der Waals surface area contributed by atoms with Gasteiger partial charge in [-0.05, 0) is 11.8 Å². The molecule has 0 aliphatic carbocycles. The number of carbonyl (C=O) groups is 2. The smallest absolute Gasteiger partial charge is 0.326 e. The van der Waals surface area contributed by atoms with Crippen molar-refractivity contribution < 1.29 is 14.7 Å². The molecule has 0 rings (SSSR count). The van der Waals surface area contributed by atoms with Crippen molar-refractivity contribution in [3.8, 4) is 0 Å². The fraction of sp³-hybridized carbons (Fsp3) is 0.846. The molecule has 0 aromatic heterocycles. The van der Waals surface area contributed by atoms with Crippen molar-refractivity contribution in [2.45, 2.75) is 53.5 Å². The van der Waals surface area contributed by atoms with Crippen LogP contribution in [0.4, 0.5) is 0 Å². The van der Waals surface area contributed by atoms with E-state index in [4.69, 9.17) is 5.11 Å². The Balaban J connectivity index is 4.55. The van der Waals surface area contributed by atoms with E-state index in [-0.39, 0.29) is 17.7 Å². The van der Waals surface area contributed by atoms with Crippen molar-refractivity contribution in [2.75, 3.05) is 0 Å². The minimum atomic E-state index is -0.968. The number of rotatable bonds is 7. The maximum absolute atomic E-state index is 11.9. The molecule has 0 spiro atoms. The molecule has 0 aromatic rings. The fourth-order valence-electron chi connectivity index (χ4n) is 2.01. The first kappa shape index (κ1) is 15.9. The average molecular weight is 243 g/mol. The molecule has 0 aromatic carbocycles. The van der Waals surface area contributed by atoms with Gasteiger partial charge in [0.2, 0.25) is 5.91 Å². The topological polar surface area (TPSA) is 66.4 Å². The molecule has 4 heteroatoms. The van der Waals surface area contributed by atoms with Crippen LogP contribution in [0.5, 0.6) is 0 Å². The second-order valence-electron chi connectivity index (χ2n) is 4.93. The Kier molecular flexibility index (Phi) is 6.85. The van der Waals surface area contributed by atoms with E-state index in [1.165, 1.54) is 0 Å². The third-order valence-electron chi connectivity index (χ3n) is 3.40. The molecular formula is C13H25NO3. The van der Waals surface area contributed by atoms with Crippen LogP contribution in [0, 0.1) is 17.8 Å². The highest BCUT2D eigenvalue weighted by molar-refractivity contribution is 5.85. The van der Waals surface area contributed by atoms with Crippen LogP contribution < -0.4 is 5.32 Å². The van der Waals surface area contributed by atoms with Crippen LogP contribution in [-0.2, 0) is 9.59 Å². The number of carbonyl (C=O) groups excluding carboxylic acids is 1. The van der Waals surface area contributed by atoms with E-state index in [0.717, 1.165) is 12.8 Å². The van der Waals surface area contributed by atoms with Gasteiger partial charge in [0.1, 0.15) is 6.04 Å². The van der Waals surface area contributed by atoms with Gasteiger partial charge in [0.25, 0.3) is 0 Å². The second kappa shape index (κ2) is 7.30. The largest absolute Gasteiger partial charge is 0.480 e. The maximum Gasteiger partial charge on any atom is 0.326 e. The van der Waals surface area contributed by atoms with Crippen molar-refractivity contribution in [2.24, 2.45) is 17.8 Å². The lowest BCUT2D eigenvalue weighted by atomic mass is 9.88. The van der Waals surface area contributed by atoms with Crippen LogP contribution in [0.2, 0.25) is 0 Å². The average Bonchev–Trinajstić information content (AvgIpc) is 2.25. The summed E-state index contributed by atoms with van der Waals surface area (Å²) in [6.45, 7) is 9.55. The zero-order chi connectivity index (χ0) is 13.6.